The Hall–Kier alpha value is -2.31. The maximum absolute atomic E-state index is 11.5. The third-order valence-electron chi connectivity index (χ3n) is 2.22. The summed E-state index contributed by atoms with van der Waals surface area (Å²) in [5.74, 6) is 0.333. The summed E-state index contributed by atoms with van der Waals surface area (Å²) in [6.45, 7) is 5.90. The van der Waals surface area contributed by atoms with E-state index in [2.05, 4.69) is 15.5 Å². The molecule has 0 saturated carbocycles. The number of amidine groups is 1. The summed E-state index contributed by atoms with van der Waals surface area (Å²) in [6, 6.07) is 3.35. The Morgan fingerprint density at radius 1 is 1.50 bits per heavy atom. The molecule has 0 atom stereocenters. The van der Waals surface area contributed by atoms with E-state index in [-0.39, 0.29) is 18.2 Å². The standard InChI is InChI=1S/C13H20N4O3/c1-13(2,3)20-11(18)6-7-15-10-5-4-9(8-16-10)12(14)17-19/h4-5,8,19H,6-7H2,1-3H3,(H2,14,17)(H,15,16). The third kappa shape index (κ3) is 5.55. The van der Waals surface area contributed by atoms with Crippen LogP contribution in [0.2, 0.25) is 0 Å². The minimum absolute atomic E-state index is 0.00203. The van der Waals surface area contributed by atoms with E-state index < -0.39 is 5.60 Å². The molecule has 0 aromatic carbocycles. The fraction of sp³-hybridized carbons (Fsp3) is 0.462. The van der Waals surface area contributed by atoms with Gasteiger partial charge in [-0.05, 0) is 32.9 Å². The fourth-order valence-electron chi connectivity index (χ4n) is 1.39. The molecule has 0 aliphatic heterocycles. The lowest BCUT2D eigenvalue weighted by atomic mass is 10.2. The highest BCUT2D eigenvalue weighted by Gasteiger charge is 2.15. The van der Waals surface area contributed by atoms with Gasteiger partial charge in [0.25, 0.3) is 0 Å². The van der Waals surface area contributed by atoms with Crippen molar-refractivity contribution < 1.29 is 14.7 Å². The van der Waals surface area contributed by atoms with E-state index in [9.17, 15) is 4.79 Å². The van der Waals surface area contributed by atoms with Crippen LogP contribution in [0, 0.1) is 0 Å². The molecule has 110 valence electrons. The molecule has 0 saturated heterocycles. The summed E-state index contributed by atoms with van der Waals surface area (Å²) in [4.78, 5) is 15.6. The zero-order valence-corrected chi connectivity index (χ0v) is 11.9. The molecule has 0 fully saturated rings. The van der Waals surface area contributed by atoms with Crippen LogP contribution in [0.25, 0.3) is 0 Å². The quantitative estimate of drug-likeness (QED) is 0.247. The number of carbonyl (C=O) groups excluding carboxylic acids is 1. The Kier molecular flexibility index (Phi) is 5.31. The molecular formula is C13H20N4O3. The number of oxime groups is 1. The van der Waals surface area contributed by atoms with E-state index in [1.54, 1.807) is 12.1 Å². The van der Waals surface area contributed by atoms with Crippen molar-refractivity contribution in [2.45, 2.75) is 32.8 Å². The lowest BCUT2D eigenvalue weighted by Gasteiger charge is -2.19. The first-order valence-corrected chi connectivity index (χ1v) is 6.21. The minimum Gasteiger partial charge on any atom is -0.460 e. The Morgan fingerprint density at radius 2 is 2.20 bits per heavy atom. The lowest BCUT2D eigenvalue weighted by molar-refractivity contribution is -0.154. The Bertz CT molecular complexity index is 477. The predicted octanol–water partition coefficient (Wildman–Crippen LogP) is 1.32. The molecule has 0 bridgehead atoms. The Labute approximate surface area is 117 Å². The van der Waals surface area contributed by atoms with Crippen molar-refractivity contribution in [2.24, 2.45) is 10.9 Å². The number of rotatable bonds is 5. The van der Waals surface area contributed by atoms with Crippen LogP contribution < -0.4 is 11.1 Å². The van der Waals surface area contributed by atoms with Gasteiger partial charge in [-0.2, -0.15) is 0 Å². The number of nitrogens with zero attached hydrogens (tertiary/aromatic N) is 2. The molecule has 0 aliphatic rings. The van der Waals surface area contributed by atoms with Crippen molar-refractivity contribution in [1.29, 1.82) is 0 Å². The summed E-state index contributed by atoms with van der Waals surface area (Å²) in [7, 11) is 0. The van der Waals surface area contributed by atoms with Crippen molar-refractivity contribution in [3.8, 4) is 0 Å². The van der Waals surface area contributed by atoms with Crippen LogP contribution in [0.5, 0.6) is 0 Å². The van der Waals surface area contributed by atoms with Gasteiger partial charge in [-0.1, -0.05) is 5.16 Å². The molecule has 0 amide bonds. The first-order chi connectivity index (χ1) is 9.31. The highest BCUT2D eigenvalue weighted by Crippen LogP contribution is 2.09. The number of carbonyl (C=O) groups is 1. The predicted molar refractivity (Wildman–Crippen MR) is 75.7 cm³/mol. The average molecular weight is 280 g/mol. The number of pyridine rings is 1. The van der Waals surface area contributed by atoms with Gasteiger partial charge in [-0.3, -0.25) is 4.79 Å². The van der Waals surface area contributed by atoms with E-state index in [4.69, 9.17) is 15.7 Å². The molecule has 0 radical (unpaired) electrons. The number of aromatic nitrogens is 1. The Balaban J connectivity index is 2.41. The number of esters is 1. The highest BCUT2D eigenvalue weighted by atomic mass is 16.6. The number of nitrogens with two attached hydrogens (primary N) is 1. The zero-order chi connectivity index (χ0) is 15.2. The van der Waals surface area contributed by atoms with Gasteiger partial charge >= 0.3 is 5.97 Å². The fourth-order valence-corrected chi connectivity index (χ4v) is 1.39. The van der Waals surface area contributed by atoms with E-state index in [0.717, 1.165) is 0 Å². The van der Waals surface area contributed by atoms with Crippen molar-refractivity contribution >= 4 is 17.6 Å². The molecule has 1 rings (SSSR count). The molecule has 0 unspecified atom stereocenters. The molecule has 7 heteroatoms. The molecular weight excluding hydrogens is 260 g/mol. The van der Waals surface area contributed by atoms with E-state index in [1.807, 2.05) is 20.8 Å². The van der Waals surface area contributed by atoms with E-state index in [0.29, 0.717) is 17.9 Å². The molecule has 1 aromatic rings. The van der Waals surface area contributed by atoms with Gasteiger partial charge in [-0.25, -0.2) is 4.98 Å². The van der Waals surface area contributed by atoms with E-state index >= 15 is 0 Å². The van der Waals surface area contributed by atoms with Gasteiger partial charge in [0.1, 0.15) is 11.4 Å². The first-order valence-electron chi connectivity index (χ1n) is 6.21. The van der Waals surface area contributed by atoms with Gasteiger partial charge in [0.2, 0.25) is 0 Å². The van der Waals surface area contributed by atoms with Crippen molar-refractivity contribution in [3.63, 3.8) is 0 Å². The van der Waals surface area contributed by atoms with Gasteiger partial charge in [0.15, 0.2) is 5.84 Å². The summed E-state index contributed by atoms with van der Waals surface area (Å²) < 4.78 is 5.18. The second-order valence-electron chi connectivity index (χ2n) is 5.18. The minimum atomic E-state index is -0.474. The number of hydrogen-bond donors (Lipinski definition) is 3. The Morgan fingerprint density at radius 3 is 2.70 bits per heavy atom. The van der Waals surface area contributed by atoms with Crippen LogP contribution in [0.4, 0.5) is 5.82 Å². The molecule has 1 heterocycles. The van der Waals surface area contributed by atoms with Crippen LogP contribution in [0.15, 0.2) is 23.5 Å². The summed E-state index contributed by atoms with van der Waals surface area (Å²) in [5, 5.41) is 14.4. The van der Waals surface area contributed by atoms with Gasteiger partial charge in [-0.15, -0.1) is 0 Å². The monoisotopic (exact) mass is 280 g/mol. The second-order valence-corrected chi connectivity index (χ2v) is 5.18. The highest BCUT2D eigenvalue weighted by molar-refractivity contribution is 5.96. The first kappa shape index (κ1) is 15.7. The molecule has 7 nitrogen and oxygen atoms in total. The number of anilines is 1. The largest absolute Gasteiger partial charge is 0.460 e. The van der Waals surface area contributed by atoms with Crippen LogP contribution in [-0.2, 0) is 9.53 Å². The number of nitrogens with one attached hydrogen (secondary N) is 1. The zero-order valence-electron chi connectivity index (χ0n) is 11.9. The van der Waals surface area contributed by atoms with Crippen molar-refractivity contribution in [1.82, 2.24) is 4.98 Å². The second kappa shape index (κ2) is 6.74. The van der Waals surface area contributed by atoms with Gasteiger partial charge in [0.05, 0.1) is 6.42 Å². The molecule has 0 spiro atoms. The summed E-state index contributed by atoms with van der Waals surface area (Å²) in [6.07, 6.45) is 1.73. The van der Waals surface area contributed by atoms with E-state index in [1.165, 1.54) is 6.20 Å². The molecule has 4 N–H and O–H groups in total. The van der Waals surface area contributed by atoms with Crippen molar-refractivity contribution in [3.05, 3.63) is 23.9 Å². The van der Waals surface area contributed by atoms with Crippen LogP contribution in [0.3, 0.4) is 0 Å². The van der Waals surface area contributed by atoms with Crippen LogP contribution in [0.1, 0.15) is 32.8 Å². The summed E-state index contributed by atoms with van der Waals surface area (Å²) >= 11 is 0. The lowest BCUT2D eigenvalue weighted by Crippen LogP contribution is -2.25. The third-order valence-corrected chi connectivity index (χ3v) is 2.22. The van der Waals surface area contributed by atoms with Crippen LogP contribution in [-0.4, -0.2) is 34.1 Å². The van der Waals surface area contributed by atoms with Crippen LogP contribution >= 0.6 is 0 Å². The maximum atomic E-state index is 11.5. The SMILES string of the molecule is CC(C)(C)OC(=O)CCNc1ccc(/C(N)=N/O)cn1. The molecule has 0 aliphatic carbocycles. The normalized spacial score (nSPS) is 12.1. The smallest absolute Gasteiger partial charge is 0.308 e. The summed E-state index contributed by atoms with van der Waals surface area (Å²) in [5.41, 5.74) is 5.47. The number of hydrogen-bond acceptors (Lipinski definition) is 6. The topological polar surface area (TPSA) is 110 Å². The van der Waals surface area contributed by atoms with Gasteiger partial charge < -0.3 is 21.0 Å². The van der Waals surface area contributed by atoms with Gasteiger partial charge in [0, 0.05) is 18.3 Å². The number of ether oxygens (including phenoxy) is 1. The average Bonchev–Trinajstić information content (AvgIpc) is 2.36. The molecule has 1 aromatic heterocycles. The van der Waals surface area contributed by atoms with Crippen molar-refractivity contribution in [2.75, 3.05) is 11.9 Å². The maximum Gasteiger partial charge on any atom is 0.308 e. The molecule has 20 heavy (non-hydrogen) atoms.